The Kier molecular flexibility index (Phi) is 6.05. The van der Waals surface area contributed by atoms with E-state index in [-0.39, 0.29) is 11.4 Å². The molecule has 0 spiro atoms. The maximum Gasteiger partial charge on any atom is 0.141 e. The molecule has 0 fully saturated rings. The number of benzene rings is 2. The normalized spacial score (nSPS) is 10.9. The average molecular weight is 311 g/mol. The number of unbranched alkanes of at least 4 members (excludes halogenated alkanes) is 1. The van der Waals surface area contributed by atoms with E-state index in [1.54, 1.807) is 18.2 Å². The van der Waals surface area contributed by atoms with Gasteiger partial charge in [0.25, 0.3) is 0 Å². The van der Waals surface area contributed by atoms with Crippen LogP contribution in [0.5, 0.6) is 0 Å². The lowest BCUT2D eigenvalue weighted by Crippen LogP contribution is -1.97. The van der Waals surface area contributed by atoms with Crippen LogP contribution < -0.4 is 0 Å². The first-order chi connectivity index (χ1) is 11.1. The third-order valence-electron chi connectivity index (χ3n) is 3.68. The summed E-state index contributed by atoms with van der Waals surface area (Å²) in [4.78, 5) is 0. The lowest BCUT2D eigenvalue weighted by atomic mass is 10.0. The second kappa shape index (κ2) is 8.24. The highest BCUT2D eigenvalue weighted by Gasteiger charge is 2.06. The fraction of sp³-hybridized carbons (Fsp3) is 0.250. The van der Waals surface area contributed by atoms with Crippen molar-refractivity contribution in [3.05, 3.63) is 76.4 Å². The molecule has 0 amide bonds. The molecule has 3 heteroatoms. The first-order valence-corrected chi connectivity index (χ1v) is 7.77. The molecule has 0 bridgehead atoms. The maximum absolute atomic E-state index is 14.1. The molecule has 0 aliphatic rings. The summed E-state index contributed by atoms with van der Waals surface area (Å²) in [6.07, 6.45) is 7.03. The third-order valence-corrected chi connectivity index (χ3v) is 3.68. The fourth-order valence-electron chi connectivity index (χ4n) is 2.34. The van der Waals surface area contributed by atoms with Crippen molar-refractivity contribution in [2.45, 2.75) is 32.6 Å². The molecule has 0 aliphatic carbocycles. The number of nitrogens with zero attached hydrogens (tertiary/aromatic N) is 1. The van der Waals surface area contributed by atoms with Crippen molar-refractivity contribution >= 4 is 6.08 Å². The largest absolute Gasteiger partial charge is 0.207 e. The van der Waals surface area contributed by atoms with E-state index >= 15 is 0 Å². The van der Waals surface area contributed by atoms with Gasteiger partial charge in [0.05, 0.1) is 5.56 Å². The molecule has 2 aromatic rings. The Hall–Kier alpha value is -2.47. The molecule has 0 unspecified atom stereocenters. The van der Waals surface area contributed by atoms with E-state index in [9.17, 15) is 8.78 Å². The van der Waals surface area contributed by atoms with E-state index in [0.717, 1.165) is 24.0 Å². The minimum atomic E-state index is -0.526. The van der Waals surface area contributed by atoms with Gasteiger partial charge in [0, 0.05) is 0 Å². The van der Waals surface area contributed by atoms with Crippen molar-refractivity contribution in [1.29, 1.82) is 5.26 Å². The van der Waals surface area contributed by atoms with Gasteiger partial charge in [-0.2, -0.15) is 5.26 Å². The van der Waals surface area contributed by atoms with E-state index in [1.807, 2.05) is 18.2 Å². The highest BCUT2D eigenvalue weighted by atomic mass is 19.1. The Labute approximate surface area is 135 Å². The third kappa shape index (κ3) is 4.75. The Balaban J connectivity index is 2.03. The quantitative estimate of drug-likeness (QED) is 0.697. The minimum Gasteiger partial charge on any atom is -0.207 e. The zero-order chi connectivity index (χ0) is 16.7. The molecular formula is C20H19F2N. The molecule has 0 radical (unpaired) electrons. The Morgan fingerprint density at radius 1 is 1.04 bits per heavy atom. The standard InChI is InChI=1S/C20H19F2N/c1-2-3-4-5-15-6-9-17(19(21)12-15)10-7-16-8-11-18(14-23)20(22)13-16/h4-6,8-9,11-13H,2-3,7,10H2,1H3/b5-4+. The van der Waals surface area contributed by atoms with Gasteiger partial charge >= 0.3 is 0 Å². The van der Waals surface area contributed by atoms with E-state index in [1.165, 1.54) is 18.2 Å². The molecule has 0 aromatic heterocycles. The van der Waals surface area contributed by atoms with Crippen LogP contribution in [0.2, 0.25) is 0 Å². The number of rotatable bonds is 6. The average Bonchev–Trinajstić information content (AvgIpc) is 2.54. The molecule has 0 aliphatic heterocycles. The highest BCUT2D eigenvalue weighted by Crippen LogP contribution is 2.16. The van der Waals surface area contributed by atoms with Crippen LogP contribution in [0.25, 0.3) is 6.08 Å². The molecule has 2 rings (SSSR count). The van der Waals surface area contributed by atoms with Gasteiger partial charge in [-0.1, -0.05) is 43.7 Å². The molecule has 0 saturated carbocycles. The summed E-state index contributed by atoms with van der Waals surface area (Å²) < 4.78 is 27.7. The van der Waals surface area contributed by atoms with Crippen LogP contribution in [0, 0.1) is 23.0 Å². The summed E-state index contributed by atoms with van der Waals surface area (Å²) in [7, 11) is 0. The summed E-state index contributed by atoms with van der Waals surface area (Å²) in [6.45, 7) is 2.10. The van der Waals surface area contributed by atoms with E-state index < -0.39 is 5.82 Å². The summed E-state index contributed by atoms with van der Waals surface area (Å²) in [5, 5.41) is 8.71. The van der Waals surface area contributed by atoms with E-state index in [2.05, 4.69) is 6.92 Å². The number of aryl methyl sites for hydroxylation is 2. The van der Waals surface area contributed by atoms with Crippen LogP contribution in [0.3, 0.4) is 0 Å². The second-order valence-electron chi connectivity index (χ2n) is 5.47. The number of hydrogen-bond donors (Lipinski definition) is 0. The summed E-state index contributed by atoms with van der Waals surface area (Å²) in [5.74, 6) is -0.764. The number of allylic oxidation sites excluding steroid dienone is 1. The van der Waals surface area contributed by atoms with Crippen LogP contribution in [-0.4, -0.2) is 0 Å². The fourth-order valence-corrected chi connectivity index (χ4v) is 2.34. The van der Waals surface area contributed by atoms with Crippen LogP contribution >= 0.6 is 0 Å². The first-order valence-electron chi connectivity index (χ1n) is 7.77. The predicted octanol–water partition coefficient (Wildman–Crippen LogP) is 5.43. The van der Waals surface area contributed by atoms with Gasteiger partial charge in [-0.3, -0.25) is 0 Å². The van der Waals surface area contributed by atoms with Crippen molar-refractivity contribution in [3.63, 3.8) is 0 Å². The molecule has 118 valence electrons. The molecule has 0 saturated heterocycles. The van der Waals surface area contributed by atoms with E-state index in [0.29, 0.717) is 18.4 Å². The van der Waals surface area contributed by atoms with Gasteiger partial charge in [-0.25, -0.2) is 8.78 Å². The van der Waals surface area contributed by atoms with Crippen molar-refractivity contribution in [2.24, 2.45) is 0 Å². The molecule has 2 aromatic carbocycles. The van der Waals surface area contributed by atoms with Crippen LogP contribution in [0.15, 0.2) is 42.5 Å². The molecular weight excluding hydrogens is 292 g/mol. The SMILES string of the molecule is CCC/C=C/c1ccc(CCc2ccc(C#N)c(F)c2)c(F)c1. The van der Waals surface area contributed by atoms with Crippen molar-refractivity contribution in [3.8, 4) is 6.07 Å². The summed E-state index contributed by atoms with van der Waals surface area (Å²) in [5.41, 5.74) is 2.25. The molecule has 0 heterocycles. The van der Waals surface area contributed by atoms with Gasteiger partial charge in [0.1, 0.15) is 17.7 Å². The van der Waals surface area contributed by atoms with Gasteiger partial charge in [0.15, 0.2) is 0 Å². The molecule has 23 heavy (non-hydrogen) atoms. The van der Waals surface area contributed by atoms with Crippen molar-refractivity contribution < 1.29 is 8.78 Å². The predicted molar refractivity (Wildman–Crippen MR) is 88.9 cm³/mol. The second-order valence-corrected chi connectivity index (χ2v) is 5.47. The monoisotopic (exact) mass is 311 g/mol. The maximum atomic E-state index is 14.1. The Morgan fingerprint density at radius 2 is 1.87 bits per heavy atom. The van der Waals surface area contributed by atoms with Gasteiger partial charge in [0.2, 0.25) is 0 Å². The lowest BCUT2D eigenvalue weighted by molar-refractivity contribution is 0.606. The summed E-state index contributed by atoms with van der Waals surface area (Å²) in [6, 6.07) is 11.5. The van der Waals surface area contributed by atoms with E-state index in [4.69, 9.17) is 5.26 Å². The first kappa shape index (κ1) is 16.9. The minimum absolute atomic E-state index is 0.0307. The topological polar surface area (TPSA) is 23.8 Å². The number of nitriles is 1. The smallest absolute Gasteiger partial charge is 0.141 e. The van der Waals surface area contributed by atoms with Crippen LogP contribution in [0.4, 0.5) is 8.78 Å². The summed E-state index contributed by atoms with van der Waals surface area (Å²) >= 11 is 0. The lowest BCUT2D eigenvalue weighted by Gasteiger charge is -2.06. The highest BCUT2D eigenvalue weighted by molar-refractivity contribution is 5.50. The van der Waals surface area contributed by atoms with Crippen LogP contribution in [0.1, 0.15) is 42.0 Å². The van der Waals surface area contributed by atoms with Crippen molar-refractivity contribution in [2.75, 3.05) is 0 Å². The van der Waals surface area contributed by atoms with Gasteiger partial charge in [-0.15, -0.1) is 0 Å². The molecule has 1 nitrogen and oxygen atoms in total. The van der Waals surface area contributed by atoms with Crippen molar-refractivity contribution in [1.82, 2.24) is 0 Å². The number of halogens is 2. The van der Waals surface area contributed by atoms with Gasteiger partial charge in [-0.05, 0) is 54.2 Å². The number of hydrogen-bond acceptors (Lipinski definition) is 1. The Bertz CT molecular complexity index is 742. The Morgan fingerprint density at radius 3 is 2.52 bits per heavy atom. The zero-order valence-electron chi connectivity index (χ0n) is 13.2. The van der Waals surface area contributed by atoms with Gasteiger partial charge < -0.3 is 0 Å². The molecule has 0 atom stereocenters. The molecule has 0 N–H and O–H groups in total. The zero-order valence-corrected chi connectivity index (χ0v) is 13.2. The van der Waals surface area contributed by atoms with Crippen LogP contribution in [-0.2, 0) is 12.8 Å².